The summed E-state index contributed by atoms with van der Waals surface area (Å²) in [6.07, 6.45) is 0.959. The number of hydrogen-bond acceptors (Lipinski definition) is 3. The second-order valence-electron chi connectivity index (χ2n) is 7.11. The molecule has 6 heteroatoms. The zero-order chi connectivity index (χ0) is 18.6. The number of benzene rings is 1. The van der Waals surface area contributed by atoms with E-state index in [2.05, 4.69) is 55.0 Å². The van der Waals surface area contributed by atoms with Crippen molar-refractivity contribution in [2.45, 2.75) is 34.1 Å². The maximum Gasteiger partial charge on any atom is 0.310 e. The van der Waals surface area contributed by atoms with Crippen molar-refractivity contribution in [2.24, 2.45) is 16.8 Å². The predicted octanol–water partition coefficient (Wildman–Crippen LogP) is 3.09. The Morgan fingerprint density at radius 1 is 1.27 bits per heavy atom. The highest BCUT2D eigenvalue weighted by Crippen LogP contribution is 2.24. The highest BCUT2D eigenvalue weighted by Gasteiger charge is 2.36. The van der Waals surface area contributed by atoms with Crippen LogP contribution in [-0.4, -0.2) is 50.6 Å². The molecule has 2 atom stereocenters. The third-order valence-corrected chi connectivity index (χ3v) is 5.13. The van der Waals surface area contributed by atoms with Crippen LogP contribution in [0.1, 0.15) is 29.2 Å². The van der Waals surface area contributed by atoms with Gasteiger partial charge in [0.15, 0.2) is 5.96 Å². The van der Waals surface area contributed by atoms with E-state index in [1.165, 1.54) is 29.4 Å². The Kier molecular flexibility index (Phi) is 8.86. The largest absolute Gasteiger partial charge is 0.469 e. The van der Waals surface area contributed by atoms with Crippen LogP contribution in [0.4, 0.5) is 0 Å². The molecule has 1 aliphatic rings. The van der Waals surface area contributed by atoms with Crippen LogP contribution < -0.4 is 5.32 Å². The van der Waals surface area contributed by atoms with Crippen molar-refractivity contribution in [3.8, 4) is 0 Å². The molecule has 1 aliphatic heterocycles. The molecule has 0 aromatic heterocycles. The number of nitrogens with zero attached hydrogens (tertiary/aromatic N) is 2. The number of esters is 1. The standard InChI is InChI=1S/C20H31N3O2.HI/c1-13-9-14(2)17(15(3)10-13)7-8-22-20(21-5)23-11-16(4)18(12-23)19(24)25-6;/h9-10,16,18H,7-8,11-12H2,1-6H3,(H,21,22);1H. The van der Waals surface area contributed by atoms with Crippen molar-refractivity contribution in [1.29, 1.82) is 0 Å². The van der Waals surface area contributed by atoms with Gasteiger partial charge in [-0.2, -0.15) is 0 Å². The van der Waals surface area contributed by atoms with Crippen molar-refractivity contribution < 1.29 is 9.53 Å². The molecule has 5 nitrogen and oxygen atoms in total. The molecule has 146 valence electrons. The highest BCUT2D eigenvalue weighted by molar-refractivity contribution is 14.0. The number of halogens is 1. The molecular formula is C20H32IN3O2. The molecule has 1 N–H and O–H groups in total. The lowest BCUT2D eigenvalue weighted by Crippen LogP contribution is -2.41. The molecule has 0 bridgehead atoms. The molecule has 0 amide bonds. The summed E-state index contributed by atoms with van der Waals surface area (Å²) >= 11 is 0. The van der Waals surface area contributed by atoms with Crippen molar-refractivity contribution in [3.63, 3.8) is 0 Å². The van der Waals surface area contributed by atoms with Crippen LogP contribution in [-0.2, 0) is 16.0 Å². The van der Waals surface area contributed by atoms with Gasteiger partial charge in [-0.1, -0.05) is 24.6 Å². The topological polar surface area (TPSA) is 53.9 Å². The first-order valence-electron chi connectivity index (χ1n) is 8.97. The Morgan fingerprint density at radius 2 is 1.88 bits per heavy atom. The molecule has 0 saturated carbocycles. The number of rotatable bonds is 4. The molecule has 1 fully saturated rings. The lowest BCUT2D eigenvalue weighted by Gasteiger charge is -2.22. The fourth-order valence-electron chi connectivity index (χ4n) is 3.83. The average Bonchev–Trinajstić information content (AvgIpc) is 2.94. The van der Waals surface area contributed by atoms with E-state index in [0.717, 1.165) is 25.5 Å². The average molecular weight is 473 g/mol. The van der Waals surface area contributed by atoms with Crippen molar-refractivity contribution in [1.82, 2.24) is 10.2 Å². The number of likely N-dealkylation sites (tertiary alicyclic amines) is 1. The number of carbonyl (C=O) groups excluding carboxylic acids is 1. The van der Waals surface area contributed by atoms with E-state index in [4.69, 9.17) is 4.74 Å². The van der Waals surface area contributed by atoms with E-state index in [-0.39, 0.29) is 41.8 Å². The van der Waals surface area contributed by atoms with Crippen molar-refractivity contribution in [3.05, 3.63) is 34.4 Å². The van der Waals surface area contributed by atoms with Crippen LogP contribution >= 0.6 is 24.0 Å². The van der Waals surface area contributed by atoms with Gasteiger partial charge < -0.3 is 15.0 Å². The fourth-order valence-corrected chi connectivity index (χ4v) is 3.83. The first-order valence-corrected chi connectivity index (χ1v) is 8.97. The van der Waals surface area contributed by atoms with Gasteiger partial charge >= 0.3 is 5.97 Å². The molecule has 0 radical (unpaired) electrons. The number of aryl methyl sites for hydroxylation is 3. The van der Waals surface area contributed by atoms with Crippen LogP contribution in [0, 0.1) is 32.6 Å². The Labute approximate surface area is 174 Å². The van der Waals surface area contributed by atoms with Gasteiger partial charge in [0.05, 0.1) is 13.0 Å². The lowest BCUT2D eigenvalue weighted by atomic mass is 9.97. The number of methoxy groups -OCH3 is 1. The van der Waals surface area contributed by atoms with Crippen molar-refractivity contribution in [2.75, 3.05) is 33.8 Å². The summed E-state index contributed by atoms with van der Waals surface area (Å²) in [5.41, 5.74) is 5.39. The van der Waals surface area contributed by atoms with Gasteiger partial charge in [0.2, 0.25) is 0 Å². The number of nitrogens with one attached hydrogen (secondary N) is 1. The van der Waals surface area contributed by atoms with Crippen molar-refractivity contribution >= 4 is 35.9 Å². The monoisotopic (exact) mass is 473 g/mol. The van der Waals surface area contributed by atoms with Gasteiger partial charge in [0, 0.05) is 26.7 Å². The lowest BCUT2D eigenvalue weighted by molar-refractivity contribution is -0.145. The Morgan fingerprint density at radius 3 is 2.42 bits per heavy atom. The highest BCUT2D eigenvalue weighted by atomic mass is 127. The molecule has 1 aromatic rings. The minimum absolute atomic E-state index is 0. The van der Waals surface area contributed by atoms with Crippen LogP contribution in [0.5, 0.6) is 0 Å². The summed E-state index contributed by atoms with van der Waals surface area (Å²) in [4.78, 5) is 18.4. The number of guanidine groups is 1. The molecule has 0 aliphatic carbocycles. The van der Waals surface area contributed by atoms with Crippen LogP contribution in [0.2, 0.25) is 0 Å². The van der Waals surface area contributed by atoms with Gasteiger partial charge in [-0.25, -0.2) is 0 Å². The number of carbonyl (C=O) groups is 1. The molecule has 26 heavy (non-hydrogen) atoms. The smallest absolute Gasteiger partial charge is 0.310 e. The Hall–Kier alpha value is -1.31. The SMILES string of the molecule is CN=C(NCCc1c(C)cc(C)cc1C)N1CC(C)C(C(=O)OC)C1.I. The fraction of sp³-hybridized carbons (Fsp3) is 0.600. The first kappa shape index (κ1) is 22.7. The van der Waals surface area contributed by atoms with E-state index in [1.54, 1.807) is 7.05 Å². The maximum absolute atomic E-state index is 11.9. The van der Waals surface area contributed by atoms with Crippen LogP contribution in [0.15, 0.2) is 17.1 Å². The van der Waals surface area contributed by atoms with Gasteiger partial charge in [-0.05, 0) is 49.8 Å². The van der Waals surface area contributed by atoms with Gasteiger partial charge in [-0.15, -0.1) is 24.0 Å². The molecule has 1 heterocycles. The quantitative estimate of drug-likeness (QED) is 0.316. The summed E-state index contributed by atoms with van der Waals surface area (Å²) in [5.74, 6) is 0.926. The van der Waals surface area contributed by atoms with E-state index in [0.29, 0.717) is 6.54 Å². The molecule has 2 rings (SSSR count). The van der Waals surface area contributed by atoms with Gasteiger partial charge in [-0.3, -0.25) is 9.79 Å². The number of aliphatic imine (C=N–C) groups is 1. The molecule has 1 saturated heterocycles. The summed E-state index contributed by atoms with van der Waals surface area (Å²) < 4.78 is 4.92. The van der Waals surface area contributed by atoms with Gasteiger partial charge in [0.1, 0.15) is 0 Å². The van der Waals surface area contributed by atoms with Crippen LogP contribution in [0.3, 0.4) is 0 Å². The van der Waals surface area contributed by atoms with E-state index >= 15 is 0 Å². The number of hydrogen-bond donors (Lipinski definition) is 1. The third kappa shape index (κ3) is 5.34. The molecule has 0 spiro atoms. The van der Waals surface area contributed by atoms with Gasteiger partial charge in [0.25, 0.3) is 0 Å². The Bertz CT molecular complexity index is 637. The summed E-state index contributed by atoms with van der Waals surface area (Å²) in [7, 11) is 3.25. The maximum atomic E-state index is 11.9. The molecular weight excluding hydrogens is 441 g/mol. The first-order chi connectivity index (χ1) is 11.9. The van der Waals surface area contributed by atoms with E-state index in [9.17, 15) is 4.79 Å². The minimum Gasteiger partial charge on any atom is -0.469 e. The second kappa shape index (κ2) is 10.1. The van der Waals surface area contributed by atoms with E-state index in [1.807, 2.05) is 0 Å². The normalized spacial score (nSPS) is 19.9. The Balaban J connectivity index is 0.00000338. The predicted molar refractivity (Wildman–Crippen MR) is 117 cm³/mol. The summed E-state index contributed by atoms with van der Waals surface area (Å²) in [6, 6.07) is 4.47. The second-order valence-corrected chi connectivity index (χ2v) is 7.11. The summed E-state index contributed by atoms with van der Waals surface area (Å²) in [6.45, 7) is 10.9. The zero-order valence-electron chi connectivity index (χ0n) is 16.8. The third-order valence-electron chi connectivity index (χ3n) is 5.13. The number of ether oxygens (including phenoxy) is 1. The molecule has 2 unspecified atom stereocenters. The minimum atomic E-state index is -0.128. The van der Waals surface area contributed by atoms with Crippen LogP contribution in [0.25, 0.3) is 0 Å². The zero-order valence-corrected chi connectivity index (χ0v) is 19.1. The summed E-state index contributed by atoms with van der Waals surface area (Å²) in [5, 5.41) is 3.45. The molecule has 1 aromatic carbocycles. The van der Waals surface area contributed by atoms with E-state index < -0.39 is 0 Å².